The van der Waals surface area contributed by atoms with Gasteiger partial charge in [-0.1, -0.05) is 69.3 Å². The number of hydrogen-bond donors (Lipinski definition) is 0. The second-order valence-electron chi connectivity index (χ2n) is 11.1. The molecule has 1 unspecified atom stereocenters. The third kappa shape index (κ3) is 4.80. The molecule has 0 radical (unpaired) electrons. The van der Waals surface area contributed by atoms with Crippen LogP contribution in [0.4, 0.5) is 0 Å². The van der Waals surface area contributed by atoms with E-state index in [-0.39, 0.29) is 10.7 Å². The van der Waals surface area contributed by atoms with Crippen LogP contribution in [-0.2, 0) is 34.6 Å². The van der Waals surface area contributed by atoms with Gasteiger partial charge < -0.3 is 0 Å². The zero-order valence-electron chi connectivity index (χ0n) is 21.1. The van der Waals surface area contributed by atoms with E-state index in [0.29, 0.717) is 10.8 Å². The lowest BCUT2D eigenvalue weighted by Gasteiger charge is -2.38. The van der Waals surface area contributed by atoms with Crippen molar-refractivity contribution in [3.8, 4) is 0 Å². The first-order chi connectivity index (χ1) is 16.8. The molecule has 0 aromatic heterocycles. The predicted octanol–water partition coefficient (Wildman–Crippen LogP) is 6.41. The maximum absolute atomic E-state index is 12.4. The molecule has 1 aliphatic heterocycles. The van der Waals surface area contributed by atoms with E-state index in [1.54, 1.807) is 12.1 Å². The highest BCUT2D eigenvalue weighted by molar-refractivity contribution is 7.92. The highest BCUT2D eigenvalue weighted by atomic mass is 32.2. The van der Waals surface area contributed by atoms with Gasteiger partial charge in [0.1, 0.15) is 0 Å². The van der Waals surface area contributed by atoms with E-state index in [4.69, 9.17) is 0 Å². The molecule has 4 heteroatoms. The van der Waals surface area contributed by atoms with Crippen molar-refractivity contribution in [3.63, 3.8) is 0 Å². The van der Waals surface area contributed by atoms with Crippen LogP contribution in [0, 0.1) is 5.92 Å². The first-order valence-corrected chi connectivity index (χ1v) is 14.9. The van der Waals surface area contributed by atoms with Crippen LogP contribution in [0.3, 0.4) is 0 Å². The highest BCUT2D eigenvalue weighted by Crippen LogP contribution is 2.47. The summed E-state index contributed by atoms with van der Waals surface area (Å²) in [5.74, 6) is 0.650. The molecule has 2 aromatic rings. The van der Waals surface area contributed by atoms with Crippen molar-refractivity contribution in [2.45, 2.75) is 80.4 Å². The van der Waals surface area contributed by atoms with Gasteiger partial charge in [0.2, 0.25) is 0 Å². The molecule has 2 aliphatic carbocycles. The smallest absolute Gasteiger partial charge is 0.181 e. The second kappa shape index (κ2) is 9.71. The van der Waals surface area contributed by atoms with Gasteiger partial charge >= 0.3 is 0 Å². The van der Waals surface area contributed by atoms with E-state index >= 15 is 0 Å². The largest absolute Gasteiger partial charge is 0.298 e. The Bertz CT molecular complexity index is 1200. The average molecular weight is 490 g/mol. The van der Waals surface area contributed by atoms with Crippen LogP contribution >= 0.6 is 0 Å². The first kappa shape index (κ1) is 24.5. The zero-order valence-corrected chi connectivity index (χ0v) is 22.0. The minimum atomic E-state index is -3.10. The highest BCUT2D eigenvalue weighted by Gasteiger charge is 2.39. The van der Waals surface area contributed by atoms with Gasteiger partial charge in [0.15, 0.2) is 9.84 Å². The lowest BCUT2D eigenvalue weighted by molar-refractivity contribution is 0.257. The van der Waals surface area contributed by atoms with Gasteiger partial charge in [-0.25, -0.2) is 8.42 Å². The molecule has 0 saturated heterocycles. The Morgan fingerprint density at radius 2 is 1.77 bits per heavy atom. The first-order valence-electron chi connectivity index (χ1n) is 13.3. The third-order valence-corrected chi connectivity index (χ3v) is 11.2. The van der Waals surface area contributed by atoms with Gasteiger partial charge in [0, 0.05) is 25.0 Å². The van der Waals surface area contributed by atoms with Crippen LogP contribution in [-0.4, -0.2) is 31.7 Å². The second-order valence-corrected chi connectivity index (χ2v) is 13.3. The molecule has 2 saturated carbocycles. The molecular formula is C31H39NO2S. The third-order valence-electron chi connectivity index (χ3n) is 8.91. The predicted molar refractivity (Wildman–Crippen MR) is 144 cm³/mol. The van der Waals surface area contributed by atoms with Gasteiger partial charge in [-0.3, -0.25) is 4.90 Å². The molecule has 3 nitrogen and oxygen atoms in total. The molecule has 3 aliphatic rings. The Morgan fingerprint density at radius 1 is 1.06 bits per heavy atom. The van der Waals surface area contributed by atoms with Crippen LogP contribution in [0.2, 0.25) is 0 Å². The van der Waals surface area contributed by atoms with Gasteiger partial charge in [0.25, 0.3) is 0 Å². The Hall–Kier alpha value is -2.17. The summed E-state index contributed by atoms with van der Waals surface area (Å²) in [6.07, 6.45) is 10.8. The maximum Gasteiger partial charge on any atom is 0.181 e. The van der Waals surface area contributed by atoms with Crippen LogP contribution < -0.4 is 0 Å². The Labute approximate surface area is 211 Å². The van der Waals surface area contributed by atoms with E-state index in [1.807, 2.05) is 18.2 Å². The van der Waals surface area contributed by atoms with Gasteiger partial charge in [-0.05, 0) is 84.4 Å². The number of allylic oxidation sites excluding steroid dienone is 2. The molecular weight excluding hydrogens is 450 g/mol. The number of nitrogens with zero attached hydrogens (tertiary/aromatic N) is 1. The van der Waals surface area contributed by atoms with Gasteiger partial charge in [0.05, 0.1) is 10.1 Å². The molecule has 2 aromatic carbocycles. The molecule has 0 bridgehead atoms. The summed E-state index contributed by atoms with van der Waals surface area (Å²) in [6, 6.07) is 14.7. The molecule has 35 heavy (non-hydrogen) atoms. The van der Waals surface area contributed by atoms with E-state index in [2.05, 4.69) is 43.2 Å². The van der Waals surface area contributed by atoms with Crippen molar-refractivity contribution in [2.75, 3.05) is 13.1 Å². The number of benzene rings is 2. The van der Waals surface area contributed by atoms with Crippen LogP contribution in [0.15, 0.2) is 72.2 Å². The van der Waals surface area contributed by atoms with Crippen LogP contribution in [0.5, 0.6) is 0 Å². The molecule has 0 amide bonds. The number of hydrogen-bond acceptors (Lipinski definition) is 3. The monoisotopic (exact) mass is 489 g/mol. The topological polar surface area (TPSA) is 37.4 Å². The fourth-order valence-corrected chi connectivity index (χ4v) is 7.88. The summed E-state index contributed by atoms with van der Waals surface area (Å²) in [7, 11) is -3.10. The van der Waals surface area contributed by atoms with E-state index in [0.717, 1.165) is 50.9 Å². The van der Waals surface area contributed by atoms with E-state index in [1.165, 1.54) is 47.9 Å². The molecule has 0 N–H and O–H groups in total. The lowest BCUT2D eigenvalue weighted by Crippen LogP contribution is -2.34. The Kier molecular flexibility index (Phi) is 6.80. The summed E-state index contributed by atoms with van der Waals surface area (Å²) >= 11 is 0. The van der Waals surface area contributed by atoms with Gasteiger partial charge in [-0.15, -0.1) is 0 Å². The number of rotatable bonds is 9. The SMILES string of the molecule is C=CC(=C)C(C)(c1ccc2c(c1)CCN(CCc1ccc(S(=O)(=O)C3CC3)cc1)C2)C1CCCC1. The molecule has 1 atom stereocenters. The normalized spacial score (nSPS) is 20.8. The summed E-state index contributed by atoms with van der Waals surface area (Å²) in [6.45, 7) is 13.9. The van der Waals surface area contributed by atoms with Crippen molar-refractivity contribution < 1.29 is 8.42 Å². The summed E-state index contributed by atoms with van der Waals surface area (Å²) in [5.41, 5.74) is 6.65. The standard InChI is InChI=1S/C31H39NO2S/c1-4-23(2)31(3,27-7-5-6-8-27)28-12-11-26-22-32(20-18-25(26)21-28)19-17-24-9-13-29(14-10-24)35(33,34)30-15-16-30/h4,9-14,21,27,30H,1-2,5-8,15-20,22H2,3H3. The molecule has 0 spiro atoms. The minimum Gasteiger partial charge on any atom is -0.298 e. The van der Waals surface area contributed by atoms with Crippen molar-refractivity contribution in [1.29, 1.82) is 0 Å². The molecule has 1 heterocycles. The minimum absolute atomic E-state index is 0.0242. The van der Waals surface area contributed by atoms with Crippen molar-refractivity contribution in [3.05, 3.63) is 89.5 Å². The van der Waals surface area contributed by atoms with Crippen molar-refractivity contribution in [1.82, 2.24) is 4.90 Å². The molecule has 2 fully saturated rings. The van der Waals surface area contributed by atoms with Gasteiger partial charge in [-0.2, -0.15) is 0 Å². The number of sulfone groups is 1. The van der Waals surface area contributed by atoms with Crippen LogP contribution in [0.25, 0.3) is 0 Å². The average Bonchev–Trinajstić information content (AvgIpc) is 3.61. The zero-order chi connectivity index (χ0) is 24.6. The Morgan fingerprint density at radius 3 is 2.43 bits per heavy atom. The van der Waals surface area contributed by atoms with Crippen molar-refractivity contribution >= 4 is 9.84 Å². The van der Waals surface area contributed by atoms with Crippen molar-refractivity contribution in [2.24, 2.45) is 5.92 Å². The maximum atomic E-state index is 12.4. The fraction of sp³-hybridized carbons (Fsp3) is 0.484. The fourth-order valence-electron chi connectivity index (χ4n) is 6.23. The summed E-state index contributed by atoms with van der Waals surface area (Å²) in [5, 5.41) is -0.145. The Balaban J connectivity index is 1.24. The van der Waals surface area contributed by atoms with E-state index < -0.39 is 9.84 Å². The van der Waals surface area contributed by atoms with E-state index in [9.17, 15) is 8.42 Å². The number of fused-ring (bicyclic) bond motifs is 1. The quantitative estimate of drug-likeness (QED) is 0.382. The lowest BCUT2D eigenvalue weighted by atomic mass is 9.66. The molecule has 186 valence electrons. The summed E-state index contributed by atoms with van der Waals surface area (Å²) in [4.78, 5) is 3.01. The summed E-state index contributed by atoms with van der Waals surface area (Å²) < 4.78 is 24.8. The van der Waals surface area contributed by atoms with Crippen LogP contribution in [0.1, 0.15) is 67.7 Å². The molecule has 5 rings (SSSR count).